The van der Waals surface area contributed by atoms with Gasteiger partial charge in [-0.2, -0.15) is 13.2 Å². The summed E-state index contributed by atoms with van der Waals surface area (Å²) in [5, 5.41) is 6.53. The van der Waals surface area contributed by atoms with E-state index < -0.39 is 12.7 Å². The van der Waals surface area contributed by atoms with E-state index in [-0.39, 0.29) is 6.04 Å². The molecule has 0 saturated carbocycles. The normalized spacial score (nSPS) is 20.8. The average Bonchev–Trinajstić information content (AvgIpc) is 2.96. The molecule has 0 aromatic heterocycles. The van der Waals surface area contributed by atoms with Crippen molar-refractivity contribution in [2.75, 3.05) is 46.8 Å². The number of nitrogens with zero attached hydrogens (tertiary/aromatic N) is 3. The summed E-state index contributed by atoms with van der Waals surface area (Å²) in [6, 6.07) is 0.354. The van der Waals surface area contributed by atoms with Crippen LogP contribution in [0.25, 0.3) is 0 Å². The van der Waals surface area contributed by atoms with Crippen molar-refractivity contribution in [3.05, 3.63) is 0 Å². The fourth-order valence-corrected chi connectivity index (χ4v) is 3.61. The Labute approximate surface area is 156 Å². The van der Waals surface area contributed by atoms with Gasteiger partial charge in [0.1, 0.15) is 0 Å². The molecule has 26 heavy (non-hydrogen) atoms. The van der Waals surface area contributed by atoms with E-state index in [1.54, 1.807) is 0 Å². The number of rotatable bonds is 9. The van der Waals surface area contributed by atoms with Gasteiger partial charge < -0.3 is 15.5 Å². The molecule has 0 radical (unpaired) electrons. The zero-order valence-corrected chi connectivity index (χ0v) is 16.9. The predicted molar refractivity (Wildman–Crippen MR) is 102 cm³/mol. The van der Waals surface area contributed by atoms with Gasteiger partial charge in [-0.1, -0.05) is 26.7 Å². The lowest BCUT2D eigenvalue weighted by molar-refractivity contribution is -0.143. The molecule has 1 aliphatic rings. The number of likely N-dealkylation sites (tertiary alicyclic amines) is 1. The molecule has 1 fully saturated rings. The first-order chi connectivity index (χ1) is 12.2. The lowest BCUT2D eigenvalue weighted by Gasteiger charge is -2.30. The Bertz CT molecular complexity index is 422. The summed E-state index contributed by atoms with van der Waals surface area (Å²) in [4.78, 5) is 8.39. The average molecular weight is 380 g/mol. The van der Waals surface area contributed by atoms with Gasteiger partial charge in [0.2, 0.25) is 0 Å². The van der Waals surface area contributed by atoms with Crippen molar-refractivity contribution in [2.24, 2.45) is 10.9 Å². The van der Waals surface area contributed by atoms with Crippen molar-refractivity contribution >= 4 is 5.96 Å². The van der Waals surface area contributed by atoms with E-state index in [9.17, 15) is 13.2 Å². The first kappa shape index (κ1) is 23.0. The van der Waals surface area contributed by atoms with Crippen LogP contribution in [0.2, 0.25) is 0 Å². The van der Waals surface area contributed by atoms with Crippen LogP contribution in [0.15, 0.2) is 4.99 Å². The summed E-state index contributed by atoms with van der Waals surface area (Å²) in [6.07, 6.45) is -1.23. The number of guanidine groups is 1. The molecule has 2 atom stereocenters. The molecule has 1 saturated heterocycles. The molecular weight excluding hydrogens is 343 g/mol. The molecule has 0 aromatic rings. The summed E-state index contributed by atoms with van der Waals surface area (Å²) >= 11 is 0. The number of alkyl halides is 3. The van der Waals surface area contributed by atoms with E-state index in [1.165, 1.54) is 4.90 Å². The maximum absolute atomic E-state index is 12.5. The van der Waals surface area contributed by atoms with Gasteiger partial charge in [-0.3, -0.25) is 9.89 Å². The van der Waals surface area contributed by atoms with Crippen molar-refractivity contribution in [1.82, 2.24) is 20.4 Å². The van der Waals surface area contributed by atoms with E-state index in [2.05, 4.69) is 43.5 Å². The predicted octanol–water partition coefficient (Wildman–Crippen LogP) is 2.54. The molecule has 1 heterocycles. The molecule has 8 heteroatoms. The van der Waals surface area contributed by atoms with Crippen molar-refractivity contribution in [1.29, 1.82) is 0 Å². The Morgan fingerprint density at radius 2 is 1.88 bits per heavy atom. The number of hydrogen-bond acceptors (Lipinski definition) is 3. The second-order valence-electron chi connectivity index (χ2n) is 7.31. The summed E-state index contributed by atoms with van der Waals surface area (Å²) in [5.74, 6) is 1.27. The highest BCUT2D eigenvalue weighted by Crippen LogP contribution is 2.20. The Morgan fingerprint density at radius 3 is 2.38 bits per heavy atom. The maximum Gasteiger partial charge on any atom is 0.401 e. The summed E-state index contributed by atoms with van der Waals surface area (Å²) in [6.45, 7) is 7.81. The van der Waals surface area contributed by atoms with Crippen molar-refractivity contribution < 1.29 is 13.2 Å². The fraction of sp³-hybridized carbons (Fsp3) is 0.944. The molecule has 0 spiro atoms. The van der Waals surface area contributed by atoms with Gasteiger partial charge in [0.15, 0.2) is 5.96 Å². The quantitative estimate of drug-likeness (QED) is 0.477. The van der Waals surface area contributed by atoms with Crippen molar-refractivity contribution in [2.45, 2.75) is 58.3 Å². The lowest BCUT2D eigenvalue weighted by atomic mass is 9.93. The zero-order chi connectivity index (χ0) is 19.7. The second-order valence-corrected chi connectivity index (χ2v) is 7.31. The molecule has 1 aliphatic heterocycles. The minimum Gasteiger partial charge on any atom is -0.357 e. The zero-order valence-electron chi connectivity index (χ0n) is 16.9. The van der Waals surface area contributed by atoms with Crippen molar-refractivity contribution in [3.63, 3.8) is 0 Å². The van der Waals surface area contributed by atoms with Crippen LogP contribution in [-0.4, -0.2) is 80.8 Å². The smallest absolute Gasteiger partial charge is 0.357 e. The number of nitrogens with one attached hydrogen (secondary N) is 2. The first-order valence-electron chi connectivity index (χ1n) is 9.70. The molecule has 0 bridgehead atoms. The number of halogens is 3. The second kappa shape index (κ2) is 11.0. The van der Waals surface area contributed by atoms with Crippen LogP contribution in [0.5, 0.6) is 0 Å². The molecule has 2 unspecified atom stereocenters. The van der Waals surface area contributed by atoms with Crippen LogP contribution >= 0.6 is 0 Å². The molecule has 2 N–H and O–H groups in total. The number of aliphatic imine (C=N–C) groups is 1. The van der Waals surface area contributed by atoms with Gasteiger partial charge >= 0.3 is 6.18 Å². The summed E-state index contributed by atoms with van der Waals surface area (Å²) in [5.41, 5.74) is 0. The van der Waals surface area contributed by atoms with Crippen LogP contribution in [0.1, 0.15) is 40.0 Å². The number of likely N-dealkylation sites (N-methyl/N-ethyl adjacent to an activating group) is 1. The third kappa shape index (κ3) is 8.12. The monoisotopic (exact) mass is 379 g/mol. The van der Waals surface area contributed by atoms with Crippen LogP contribution in [0.3, 0.4) is 0 Å². The van der Waals surface area contributed by atoms with Crippen molar-refractivity contribution in [3.8, 4) is 0 Å². The standard InChI is InChI=1S/C18H36F3N5/c1-6-14(7-2)16(25(4)5)11-23-17(22-8-3)24-15-9-10-26(12-15)13-18(19,20)21/h14-16H,6-13H2,1-5H3,(H2,22,23,24). The first-order valence-corrected chi connectivity index (χ1v) is 9.70. The van der Waals surface area contributed by atoms with Gasteiger partial charge in [0.25, 0.3) is 0 Å². The Balaban J connectivity index is 2.66. The van der Waals surface area contributed by atoms with Crippen LogP contribution < -0.4 is 10.6 Å². The summed E-state index contributed by atoms with van der Waals surface area (Å²) in [7, 11) is 4.15. The van der Waals surface area contributed by atoms with Gasteiger partial charge in [0.05, 0.1) is 13.1 Å². The van der Waals surface area contributed by atoms with E-state index in [4.69, 9.17) is 4.99 Å². The largest absolute Gasteiger partial charge is 0.401 e. The van der Waals surface area contributed by atoms with Gasteiger partial charge in [0, 0.05) is 31.7 Å². The Morgan fingerprint density at radius 1 is 1.23 bits per heavy atom. The van der Waals surface area contributed by atoms with Crippen LogP contribution in [-0.2, 0) is 0 Å². The molecule has 154 valence electrons. The van der Waals surface area contributed by atoms with E-state index in [1.807, 2.05) is 6.92 Å². The molecule has 0 amide bonds. The third-order valence-electron chi connectivity index (χ3n) is 5.05. The van der Waals surface area contributed by atoms with E-state index in [0.29, 0.717) is 44.0 Å². The highest BCUT2D eigenvalue weighted by molar-refractivity contribution is 5.80. The SMILES string of the molecule is CCNC(=NCC(C(CC)CC)N(C)C)NC1CCN(CC(F)(F)F)C1. The number of hydrogen-bond donors (Lipinski definition) is 2. The van der Waals surface area contributed by atoms with Crippen LogP contribution in [0, 0.1) is 5.92 Å². The van der Waals surface area contributed by atoms with Gasteiger partial charge in [-0.15, -0.1) is 0 Å². The highest BCUT2D eigenvalue weighted by atomic mass is 19.4. The fourth-order valence-electron chi connectivity index (χ4n) is 3.61. The lowest BCUT2D eigenvalue weighted by Crippen LogP contribution is -2.46. The van der Waals surface area contributed by atoms with E-state index in [0.717, 1.165) is 19.4 Å². The maximum atomic E-state index is 12.5. The van der Waals surface area contributed by atoms with Crippen LogP contribution in [0.4, 0.5) is 13.2 Å². The van der Waals surface area contributed by atoms with Gasteiger partial charge in [-0.05, 0) is 33.4 Å². The Kier molecular flexibility index (Phi) is 9.71. The Hall–Kier alpha value is -1.02. The molecule has 0 aliphatic carbocycles. The minimum absolute atomic E-state index is 0.00102. The third-order valence-corrected chi connectivity index (χ3v) is 5.05. The minimum atomic E-state index is -4.14. The molecule has 0 aromatic carbocycles. The molecule has 5 nitrogen and oxygen atoms in total. The molecular formula is C18H36F3N5. The molecule has 1 rings (SSSR count). The highest BCUT2D eigenvalue weighted by Gasteiger charge is 2.34. The van der Waals surface area contributed by atoms with E-state index >= 15 is 0 Å². The topological polar surface area (TPSA) is 42.9 Å². The summed E-state index contributed by atoms with van der Waals surface area (Å²) < 4.78 is 37.6. The van der Waals surface area contributed by atoms with Gasteiger partial charge in [-0.25, -0.2) is 0 Å².